The highest BCUT2D eigenvalue weighted by Crippen LogP contribution is 2.36. The third kappa shape index (κ3) is 2.30. The Balaban J connectivity index is 2.27. The molecule has 1 fully saturated rings. The van der Waals surface area contributed by atoms with Crippen LogP contribution in [0.4, 0.5) is 0 Å². The molecule has 0 aromatic heterocycles. The Labute approximate surface area is 99.5 Å². The van der Waals surface area contributed by atoms with Crippen molar-refractivity contribution in [2.24, 2.45) is 0 Å². The summed E-state index contributed by atoms with van der Waals surface area (Å²) in [6, 6.07) is 9.63. The van der Waals surface area contributed by atoms with Gasteiger partial charge in [0.05, 0.1) is 0 Å². The van der Waals surface area contributed by atoms with E-state index in [1.807, 2.05) is 0 Å². The van der Waals surface area contributed by atoms with Crippen molar-refractivity contribution in [2.75, 3.05) is 14.1 Å². The first-order valence-electron chi connectivity index (χ1n) is 6.42. The molecule has 1 nitrogen and oxygen atoms in total. The summed E-state index contributed by atoms with van der Waals surface area (Å²) in [4.78, 5) is 2.41. The van der Waals surface area contributed by atoms with Gasteiger partial charge in [0, 0.05) is 6.04 Å². The van der Waals surface area contributed by atoms with E-state index in [4.69, 9.17) is 0 Å². The first-order chi connectivity index (χ1) is 7.70. The van der Waals surface area contributed by atoms with E-state index in [0.717, 1.165) is 12.0 Å². The van der Waals surface area contributed by atoms with Gasteiger partial charge in [-0.25, -0.2) is 0 Å². The molecule has 1 aliphatic carbocycles. The molecule has 0 N–H and O–H groups in total. The lowest BCUT2D eigenvalue weighted by molar-refractivity contribution is 0.199. The molecule has 0 amide bonds. The third-order valence-electron chi connectivity index (χ3n) is 3.98. The van der Waals surface area contributed by atoms with Gasteiger partial charge >= 0.3 is 0 Å². The van der Waals surface area contributed by atoms with Crippen molar-refractivity contribution in [3.8, 4) is 0 Å². The second-order valence-electron chi connectivity index (χ2n) is 5.28. The molecule has 0 saturated heterocycles. The van der Waals surface area contributed by atoms with Gasteiger partial charge < -0.3 is 4.90 Å². The Bertz CT molecular complexity index is 343. The molecule has 0 spiro atoms. The van der Waals surface area contributed by atoms with Crippen LogP contribution in [-0.4, -0.2) is 25.0 Å². The maximum atomic E-state index is 2.41. The molecule has 16 heavy (non-hydrogen) atoms. The van der Waals surface area contributed by atoms with E-state index in [9.17, 15) is 0 Å². The van der Waals surface area contributed by atoms with E-state index in [-0.39, 0.29) is 0 Å². The molecular formula is C15H23N. The van der Waals surface area contributed by atoms with Crippen molar-refractivity contribution in [3.63, 3.8) is 0 Å². The molecule has 0 heterocycles. The summed E-state index contributed by atoms with van der Waals surface area (Å²) in [5.74, 6) is 0.741. The van der Waals surface area contributed by atoms with Crippen molar-refractivity contribution in [2.45, 2.75) is 44.6 Å². The molecule has 0 unspecified atom stereocenters. The largest absolute Gasteiger partial charge is 0.306 e. The number of rotatable bonds is 2. The van der Waals surface area contributed by atoms with Crippen LogP contribution < -0.4 is 0 Å². The molecule has 1 saturated carbocycles. The van der Waals surface area contributed by atoms with Crippen LogP contribution in [0.25, 0.3) is 0 Å². The minimum absolute atomic E-state index is 0.731. The minimum atomic E-state index is 0.731. The van der Waals surface area contributed by atoms with Gasteiger partial charge in [0.25, 0.3) is 0 Å². The number of likely N-dealkylation sites (N-methyl/N-ethyl adjacent to an activating group) is 1. The van der Waals surface area contributed by atoms with Gasteiger partial charge in [-0.05, 0) is 50.9 Å². The highest BCUT2D eigenvalue weighted by molar-refractivity contribution is 5.30. The van der Waals surface area contributed by atoms with Crippen LogP contribution in [0.3, 0.4) is 0 Å². The van der Waals surface area contributed by atoms with Gasteiger partial charge in [0.15, 0.2) is 0 Å². The molecule has 0 aliphatic heterocycles. The smallest absolute Gasteiger partial charge is 0.0158 e. The zero-order valence-electron chi connectivity index (χ0n) is 10.7. The molecule has 2 rings (SSSR count). The fourth-order valence-corrected chi connectivity index (χ4v) is 3.09. The first-order valence-corrected chi connectivity index (χ1v) is 6.42. The lowest BCUT2D eigenvalue weighted by atomic mass is 9.78. The van der Waals surface area contributed by atoms with E-state index in [1.165, 1.54) is 31.2 Å². The number of aryl methyl sites for hydroxylation is 1. The predicted octanol–water partition coefficient (Wildman–Crippen LogP) is 3.58. The SMILES string of the molecule is Cc1ccccc1[C@H]1CCCC[C@@H]1N(C)C. The van der Waals surface area contributed by atoms with Gasteiger partial charge in [-0.3, -0.25) is 0 Å². The minimum Gasteiger partial charge on any atom is -0.306 e. The Morgan fingerprint density at radius 3 is 2.44 bits per heavy atom. The highest BCUT2D eigenvalue weighted by Gasteiger charge is 2.28. The van der Waals surface area contributed by atoms with Crippen LogP contribution in [-0.2, 0) is 0 Å². The highest BCUT2D eigenvalue weighted by atomic mass is 15.1. The Morgan fingerprint density at radius 1 is 1.06 bits per heavy atom. The molecular weight excluding hydrogens is 194 g/mol. The van der Waals surface area contributed by atoms with Gasteiger partial charge in [-0.15, -0.1) is 0 Å². The Hall–Kier alpha value is -0.820. The fraction of sp³-hybridized carbons (Fsp3) is 0.600. The molecule has 1 aromatic rings. The van der Waals surface area contributed by atoms with Crippen LogP contribution >= 0.6 is 0 Å². The molecule has 0 bridgehead atoms. The zero-order valence-corrected chi connectivity index (χ0v) is 10.7. The second-order valence-corrected chi connectivity index (χ2v) is 5.28. The summed E-state index contributed by atoms with van der Waals surface area (Å²) < 4.78 is 0. The van der Waals surface area contributed by atoms with Gasteiger partial charge in [0.1, 0.15) is 0 Å². The zero-order chi connectivity index (χ0) is 11.5. The lowest BCUT2D eigenvalue weighted by Gasteiger charge is -2.37. The quantitative estimate of drug-likeness (QED) is 0.732. The molecule has 1 heteroatoms. The van der Waals surface area contributed by atoms with Crippen molar-refractivity contribution >= 4 is 0 Å². The average Bonchev–Trinajstić information content (AvgIpc) is 2.29. The van der Waals surface area contributed by atoms with Crippen molar-refractivity contribution in [1.29, 1.82) is 0 Å². The van der Waals surface area contributed by atoms with E-state index in [2.05, 4.69) is 50.2 Å². The first kappa shape index (κ1) is 11.7. The summed E-state index contributed by atoms with van der Waals surface area (Å²) >= 11 is 0. The molecule has 1 aromatic carbocycles. The van der Waals surface area contributed by atoms with Crippen molar-refractivity contribution < 1.29 is 0 Å². The van der Waals surface area contributed by atoms with Crippen LogP contribution in [0, 0.1) is 6.92 Å². The van der Waals surface area contributed by atoms with Crippen molar-refractivity contribution in [3.05, 3.63) is 35.4 Å². The molecule has 88 valence electrons. The van der Waals surface area contributed by atoms with Crippen LogP contribution in [0.15, 0.2) is 24.3 Å². The van der Waals surface area contributed by atoms with Gasteiger partial charge in [0.2, 0.25) is 0 Å². The van der Waals surface area contributed by atoms with E-state index >= 15 is 0 Å². The number of hydrogen-bond acceptors (Lipinski definition) is 1. The molecule has 2 atom stereocenters. The summed E-state index contributed by atoms with van der Waals surface area (Å²) in [6.45, 7) is 2.25. The monoisotopic (exact) mass is 217 g/mol. The molecule has 0 radical (unpaired) electrons. The summed E-state index contributed by atoms with van der Waals surface area (Å²) in [6.07, 6.45) is 5.49. The van der Waals surface area contributed by atoms with Crippen molar-refractivity contribution in [1.82, 2.24) is 4.90 Å². The maximum Gasteiger partial charge on any atom is 0.0158 e. The van der Waals surface area contributed by atoms with E-state index in [0.29, 0.717) is 0 Å². The standard InChI is InChI=1S/C15H23N/c1-12-8-4-5-9-13(12)14-10-6-7-11-15(14)16(2)3/h4-5,8-9,14-15H,6-7,10-11H2,1-3H3/t14-,15+/m1/s1. The number of benzene rings is 1. The van der Waals surface area contributed by atoms with Gasteiger partial charge in [-0.2, -0.15) is 0 Å². The topological polar surface area (TPSA) is 3.24 Å². The third-order valence-corrected chi connectivity index (χ3v) is 3.98. The molecule has 1 aliphatic rings. The number of hydrogen-bond donors (Lipinski definition) is 0. The lowest BCUT2D eigenvalue weighted by Crippen LogP contribution is -2.36. The summed E-state index contributed by atoms with van der Waals surface area (Å²) in [5.41, 5.74) is 3.03. The van der Waals surface area contributed by atoms with Crippen LogP contribution in [0.1, 0.15) is 42.7 Å². The summed E-state index contributed by atoms with van der Waals surface area (Å²) in [5, 5.41) is 0. The Kier molecular flexibility index (Phi) is 3.65. The van der Waals surface area contributed by atoms with Crippen LogP contribution in [0.2, 0.25) is 0 Å². The number of nitrogens with zero attached hydrogens (tertiary/aromatic N) is 1. The summed E-state index contributed by atoms with van der Waals surface area (Å²) in [7, 11) is 4.45. The normalized spacial score (nSPS) is 26.0. The predicted molar refractivity (Wildman–Crippen MR) is 69.9 cm³/mol. The van der Waals surface area contributed by atoms with E-state index < -0.39 is 0 Å². The fourth-order valence-electron chi connectivity index (χ4n) is 3.09. The van der Waals surface area contributed by atoms with E-state index in [1.54, 1.807) is 5.56 Å². The Morgan fingerprint density at radius 2 is 1.75 bits per heavy atom. The maximum absolute atomic E-state index is 2.41. The second kappa shape index (κ2) is 5.01. The average molecular weight is 217 g/mol. The van der Waals surface area contributed by atoms with Crippen LogP contribution in [0.5, 0.6) is 0 Å². The van der Waals surface area contributed by atoms with Gasteiger partial charge in [-0.1, -0.05) is 37.1 Å².